The SMILES string of the molecule is Cc1c(C(N)=O)c[n+]([O-])c(C)c1OCc1ccccc1. The first kappa shape index (κ1) is 13.9. The summed E-state index contributed by atoms with van der Waals surface area (Å²) >= 11 is 0. The molecule has 0 aliphatic heterocycles. The van der Waals surface area contributed by atoms with E-state index in [1.54, 1.807) is 13.8 Å². The van der Waals surface area contributed by atoms with Gasteiger partial charge in [0.2, 0.25) is 5.69 Å². The summed E-state index contributed by atoms with van der Waals surface area (Å²) in [7, 11) is 0. The van der Waals surface area contributed by atoms with Crippen molar-refractivity contribution in [1.82, 2.24) is 0 Å². The van der Waals surface area contributed by atoms with Gasteiger partial charge in [-0.3, -0.25) is 4.79 Å². The van der Waals surface area contributed by atoms with Crippen molar-refractivity contribution < 1.29 is 14.3 Å². The van der Waals surface area contributed by atoms with Crippen LogP contribution in [0.4, 0.5) is 0 Å². The average molecular weight is 272 g/mol. The summed E-state index contributed by atoms with van der Waals surface area (Å²) in [5, 5.41) is 11.8. The van der Waals surface area contributed by atoms with Crippen LogP contribution in [-0.2, 0) is 6.61 Å². The number of carbonyl (C=O) groups excluding carboxylic acids is 1. The Hall–Kier alpha value is -2.56. The third-order valence-corrected chi connectivity index (χ3v) is 3.14. The number of nitrogens with two attached hydrogens (primary N) is 1. The number of amides is 1. The highest BCUT2D eigenvalue weighted by molar-refractivity contribution is 5.94. The highest BCUT2D eigenvalue weighted by Crippen LogP contribution is 2.24. The summed E-state index contributed by atoms with van der Waals surface area (Å²) in [6, 6.07) is 9.58. The van der Waals surface area contributed by atoms with Crippen LogP contribution in [0.25, 0.3) is 0 Å². The molecule has 0 saturated heterocycles. The number of ether oxygens (including phenoxy) is 1. The molecule has 1 aromatic carbocycles. The predicted molar refractivity (Wildman–Crippen MR) is 74.2 cm³/mol. The number of nitrogens with zero attached hydrogens (tertiary/aromatic N) is 1. The summed E-state index contributed by atoms with van der Waals surface area (Å²) in [5.41, 5.74) is 7.40. The molecule has 2 rings (SSSR count). The van der Waals surface area contributed by atoms with Crippen molar-refractivity contribution in [2.45, 2.75) is 20.5 Å². The predicted octanol–water partition coefficient (Wildman–Crippen LogP) is 1.61. The maximum absolute atomic E-state index is 11.8. The van der Waals surface area contributed by atoms with Gasteiger partial charge in [-0.15, -0.1) is 0 Å². The molecule has 2 aromatic rings. The van der Waals surface area contributed by atoms with Gasteiger partial charge in [0.15, 0.2) is 11.9 Å². The van der Waals surface area contributed by atoms with E-state index in [0.717, 1.165) is 5.56 Å². The van der Waals surface area contributed by atoms with Crippen molar-refractivity contribution in [3.8, 4) is 5.75 Å². The number of aromatic nitrogens is 1. The molecule has 104 valence electrons. The number of benzene rings is 1. The lowest BCUT2D eigenvalue weighted by Crippen LogP contribution is -2.33. The number of rotatable bonds is 4. The monoisotopic (exact) mass is 272 g/mol. The standard InChI is InChI=1S/C15H16N2O3/c1-10-13(15(16)18)8-17(19)11(2)14(10)20-9-12-6-4-3-5-7-12/h3-8H,9H2,1-2H3,(H2,16,18). The zero-order valence-electron chi connectivity index (χ0n) is 11.4. The topological polar surface area (TPSA) is 79.3 Å². The number of primary amides is 1. The van der Waals surface area contributed by atoms with Gasteiger partial charge in [0.1, 0.15) is 12.2 Å². The van der Waals surface area contributed by atoms with Crippen LogP contribution in [0.2, 0.25) is 0 Å². The summed E-state index contributed by atoms with van der Waals surface area (Å²) < 4.78 is 6.30. The fourth-order valence-corrected chi connectivity index (χ4v) is 2.00. The Morgan fingerprint density at radius 1 is 1.30 bits per heavy atom. The molecule has 0 radical (unpaired) electrons. The second-order valence-corrected chi connectivity index (χ2v) is 4.55. The van der Waals surface area contributed by atoms with Crippen LogP contribution < -0.4 is 15.2 Å². The van der Waals surface area contributed by atoms with Gasteiger partial charge >= 0.3 is 0 Å². The van der Waals surface area contributed by atoms with Crippen LogP contribution in [0, 0.1) is 19.1 Å². The Morgan fingerprint density at radius 2 is 1.95 bits per heavy atom. The highest BCUT2D eigenvalue weighted by atomic mass is 16.5. The lowest BCUT2D eigenvalue weighted by Gasteiger charge is -2.13. The lowest BCUT2D eigenvalue weighted by atomic mass is 10.1. The number of hydrogen-bond acceptors (Lipinski definition) is 3. The van der Waals surface area contributed by atoms with Crippen LogP contribution in [0.1, 0.15) is 27.2 Å². The maximum atomic E-state index is 11.8. The van der Waals surface area contributed by atoms with Gasteiger partial charge in [-0.05, 0) is 12.5 Å². The van der Waals surface area contributed by atoms with Gasteiger partial charge in [-0.25, -0.2) is 0 Å². The summed E-state index contributed by atoms with van der Waals surface area (Å²) in [4.78, 5) is 11.3. The molecule has 20 heavy (non-hydrogen) atoms. The molecule has 5 heteroatoms. The fraction of sp³-hybridized carbons (Fsp3) is 0.200. The van der Waals surface area contributed by atoms with Crippen molar-refractivity contribution in [2.24, 2.45) is 5.73 Å². The van der Waals surface area contributed by atoms with E-state index in [0.29, 0.717) is 28.3 Å². The van der Waals surface area contributed by atoms with Crippen LogP contribution in [0.15, 0.2) is 36.5 Å². The number of hydrogen-bond donors (Lipinski definition) is 1. The fourth-order valence-electron chi connectivity index (χ4n) is 2.00. The van der Waals surface area contributed by atoms with Crippen LogP contribution in [0.5, 0.6) is 5.75 Å². The third kappa shape index (κ3) is 2.71. The minimum absolute atomic E-state index is 0.175. The van der Waals surface area contributed by atoms with E-state index in [4.69, 9.17) is 10.5 Å². The van der Waals surface area contributed by atoms with E-state index in [2.05, 4.69) is 0 Å². The molecule has 1 amide bonds. The molecule has 0 fully saturated rings. The number of pyridine rings is 1. The van der Waals surface area contributed by atoms with Crippen molar-refractivity contribution in [3.63, 3.8) is 0 Å². The molecule has 0 bridgehead atoms. The van der Waals surface area contributed by atoms with Crippen molar-refractivity contribution >= 4 is 5.91 Å². The van der Waals surface area contributed by atoms with Crippen LogP contribution >= 0.6 is 0 Å². The van der Waals surface area contributed by atoms with Crippen molar-refractivity contribution in [1.29, 1.82) is 0 Å². The Morgan fingerprint density at radius 3 is 2.55 bits per heavy atom. The zero-order valence-corrected chi connectivity index (χ0v) is 11.4. The normalized spacial score (nSPS) is 10.3. The van der Waals surface area contributed by atoms with E-state index < -0.39 is 5.91 Å². The molecular formula is C15H16N2O3. The molecule has 1 heterocycles. The van der Waals surface area contributed by atoms with Gasteiger partial charge in [0.05, 0.1) is 0 Å². The number of carbonyl (C=O) groups is 1. The van der Waals surface area contributed by atoms with Gasteiger partial charge in [0.25, 0.3) is 5.91 Å². The Balaban J connectivity index is 2.33. The van der Waals surface area contributed by atoms with Gasteiger partial charge in [-0.1, -0.05) is 30.3 Å². The Kier molecular flexibility index (Phi) is 3.89. The molecule has 0 aliphatic carbocycles. The maximum Gasteiger partial charge on any atom is 0.255 e. The Bertz CT molecular complexity index is 639. The zero-order chi connectivity index (χ0) is 14.7. The average Bonchev–Trinajstić information content (AvgIpc) is 2.43. The summed E-state index contributed by atoms with van der Waals surface area (Å²) in [6.07, 6.45) is 1.18. The van der Waals surface area contributed by atoms with E-state index >= 15 is 0 Å². The molecule has 1 aromatic heterocycles. The van der Waals surface area contributed by atoms with Crippen molar-refractivity contribution in [2.75, 3.05) is 0 Å². The summed E-state index contributed by atoms with van der Waals surface area (Å²) in [5.74, 6) is -0.239. The van der Waals surface area contributed by atoms with Gasteiger partial charge < -0.3 is 15.7 Å². The molecule has 2 N–H and O–H groups in total. The van der Waals surface area contributed by atoms with Gasteiger partial charge in [0, 0.05) is 12.5 Å². The molecule has 0 saturated carbocycles. The van der Waals surface area contributed by atoms with E-state index in [9.17, 15) is 10.0 Å². The van der Waals surface area contributed by atoms with Crippen LogP contribution in [0.3, 0.4) is 0 Å². The smallest absolute Gasteiger partial charge is 0.255 e. The molecule has 0 aliphatic rings. The van der Waals surface area contributed by atoms with Gasteiger partial charge in [-0.2, -0.15) is 4.73 Å². The van der Waals surface area contributed by atoms with Crippen LogP contribution in [-0.4, -0.2) is 5.91 Å². The first-order valence-electron chi connectivity index (χ1n) is 6.20. The molecule has 5 nitrogen and oxygen atoms in total. The first-order chi connectivity index (χ1) is 9.50. The third-order valence-electron chi connectivity index (χ3n) is 3.14. The molecule has 0 spiro atoms. The first-order valence-corrected chi connectivity index (χ1v) is 6.20. The highest BCUT2D eigenvalue weighted by Gasteiger charge is 2.20. The van der Waals surface area contributed by atoms with E-state index in [1.807, 2.05) is 30.3 Å². The molecule has 0 unspecified atom stereocenters. The molecular weight excluding hydrogens is 256 g/mol. The Labute approximate surface area is 117 Å². The molecule has 0 atom stereocenters. The minimum Gasteiger partial charge on any atom is -0.618 e. The lowest BCUT2D eigenvalue weighted by molar-refractivity contribution is -0.612. The second-order valence-electron chi connectivity index (χ2n) is 4.55. The van der Waals surface area contributed by atoms with E-state index in [-0.39, 0.29) is 5.56 Å². The minimum atomic E-state index is -0.642. The van der Waals surface area contributed by atoms with E-state index in [1.165, 1.54) is 6.20 Å². The summed E-state index contributed by atoms with van der Waals surface area (Å²) in [6.45, 7) is 3.68. The quantitative estimate of drug-likeness (QED) is 0.678. The largest absolute Gasteiger partial charge is 0.618 e. The van der Waals surface area contributed by atoms with Crippen molar-refractivity contribution in [3.05, 3.63) is 64.1 Å². The second kappa shape index (κ2) is 5.61.